The lowest BCUT2D eigenvalue weighted by molar-refractivity contribution is 0.0524. The first-order valence-corrected chi connectivity index (χ1v) is 5.97. The quantitative estimate of drug-likeness (QED) is 0.644. The topological polar surface area (TPSA) is 59.2 Å². The van der Waals surface area contributed by atoms with Gasteiger partial charge in [0.15, 0.2) is 0 Å². The van der Waals surface area contributed by atoms with E-state index in [1.807, 2.05) is 6.26 Å². The molecule has 5 heteroatoms. The lowest BCUT2D eigenvalue weighted by atomic mass is 10.2. The maximum atomic E-state index is 11.9. The average molecular weight is 239 g/mol. The highest BCUT2D eigenvalue weighted by Gasteiger charge is 2.15. The molecule has 0 fully saturated rings. The third kappa shape index (κ3) is 2.36. The van der Waals surface area contributed by atoms with Crippen LogP contribution >= 0.6 is 11.8 Å². The van der Waals surface area contributed by atoms with Crippen molar-refractivity contribution < 1.29 is 9.53 Å². The van der Waals surface area contributed by atoms with Crippen LogP contribution in [0, 0.1) is 0 Å². The second kappa shape index (κ2) is 5.55. The van der Waals surface area contributed by atoms with E-state index >= 15 is 0 Å². The fraction of sp³-hybridized carbons (Fsp3) is 0.273. The summed E-state index contributed by atoms with van der Waals surface area (Å²) in [6, 6.07) is 0. The molecule has 16 heavy (non-hydrogen) atoms. The van der Waals surface area contributed by atoms with E-state index in [4.69, 9.17) is 4.74 Å². The van der Waals surface area contributed by atoms with E-state index in [9.17, 15) is 9.59 Å². The Kier molecular flexibility index (Phi) is 4.37. The van der Waals surface area contributed by atoms with E-state index in [-0.39, 0.29) is 17.6 Å². The molecule has 1 aromatic heterocycles. The monoisotopic (exact) mass is 239 g/mol. The first-order chi connectivity index (χ1) is 7.65. The molecule has 0 unspecified atom stereocenters. The third-order valence-electron chi connectivity index (χ3n) is 1.99. The summed E-state index contributed by atoms with van der Waals surface area (Å²) in [4.78, 5) is 26.2. The SMILES string of the molecule is C=Cc1c(SC)[nH]cc(C(=O)OCC)c1=O. The van der Waals surface area contributed by atoms with Crippen LogP contribution < -0.4 is 5.43 Å². The Bertz CT molecular complexity index is 465. The van der Waals surface area contributed by atoms with Crippen LogP contribution in [0.5, 0.6) is 0 Å². The Morgan fingerprint density at radius 1 is 1.69 bits per heavy atom. The van der Waals surface area contributed by atoms with Gasteiger partial charge in [0.1, 0.15) is 5.56 Å². The predicted molar refractivity (Wildman–Crippen MR) is 64.9 cm³/mol. The summed E-state index contributed by atoms with van der Waals surface area (Å²) in [5, 5.41) is 0.688. The molecular weight excluding hydrogens is 226 g/mol. The molecule has 1 rings (SSSR count). The van der Waals surface area contributed by atoms with E-state index in [1.54, 1.807) is 6.92 Å². The molecule has 0 aliphatic carbocycles. The molecule has 0 saturated heterocycles. The number of thioether (sulfide) groups is 1. The van der Waals surface area contributed by atoms with Crippen LogP contribution in [0.25, 0.3) is 6.08 Å². The van der Waals surface area contributed by atoms with Crippen molar-refractivity contribution in [3.63, 3.8) is 0 Å². The van der Waals surface area contributed by atoms with Gasteiger partial charge in [-0.2, -0.15) is 0 Å². The van der Waals surface area contributed by atoms with Crippen molar-refractivity contribution in [2.24, 2.45) is 0 Å². The normalized spacial score (nSPS) is 9.88. The molecule has 0 saturated carbocycles. The highest BCUT2D eigenvalue weighted by molar-refractivity contribution is 7.98. The first kappa shape index (κ1) is 12.6. The van der Waals surface area contributed by atoms with Crippen LogP contribution in [0.1, 0.15) is 22.8 Å². The number of aromatic nitrogens is 1. The van der Waals surface area contributed by atoms with Gasteiger partial charge in [-0.3, -0.25) is 4.79 Å². The number of hydrogen-bond acceptors (Lipinski definition) is 4. The van der Waals surface area contributed by atoms with E-state index in [2.05, 4.69) is 11.6 Å². The zero-order chi connectivity index (χ0) is 12.1. The Morgan fingerprint density at radius 3 is 2.88 bits per heavy atom. The number of ether oxygens (including phenoxy) is 1. The van der Waals surface area contributed by atoms with Crippen LogP contribution in [0.15, 0.2) is 22.6 Å². The van der Waals surface area contributed by atoms with Gasteiger partial charge in [0, 0.05) is 6.20 Å². The smallest absolute Gasteiger partial charge is 0.343 e. The van der Waals surface area contributed by atoms with Crippen molar-refractivity contribution in [3.8, 4) is 0 Å². The highest BCUT2D eigenvalue weighted by atomic mass is 32.2. The second-order valence-electron chi connectivity index (χ2n) is 2.90. The molecular formula is C11H13NO3S. The number of H-pyrrole nitrogens is 1. The number of aromatic amines is 1. The Morgan fingerprint density at radius 2 is 2.38 bits per heavy atom. The standard InChI is InChI=1S/C11H13NO3S/c1-4-7-9(13)8(11(14)15-5-2)6-12-10(7)16-3/h4,6H,1,5H2,2-3H3,(H,12,13). The van der Waals surface area contributed by atoms with Crippen LogP contribution in [-0.4, -0.2) is 23.8 Å². The molecule has 0 amide bonds. The van der Waals surface area contributed by atoms with Gasteiger partial charge in [-0.25, -0.2) is 4.79 Å². The van der Waals surface area contributed by atoms with Gasteiger partial charge < -0.3 is 9.72 Å². The van der Waals surface area contributed by atoms with Crippen molar-refractivity contribution in [1.82, 2.24) is 4.98 Å². The Labute approximate surface area is 97.7 Å². The highest BCUT2D eigenvalue weighted by Crippen LogP contribution is 2.15. The number of hydrogen-bond donors (Lipinski definition) is 1. The van der Waals surface area contributed by atoms with Crippen molar-refractivity contribution in [2.75, 3.05) is 12.9 Å². The number of esters is 1. The number of pyridine rings is 1. The number of rotatable bonds is 4. The minimum Gasteiger partial charge on any atom is -0.462 e. The van der Waals surface area contributed by atoms with Crippen LogP contribution in [0.4, 0.5) is 0 Å². The van der Waals surface area contributed by atoms with Gasteiger partial charge in [-0.1, -0.05) is 12.7 Å². The summed E-state index contributed by atoms with van der Waals surface area (Å²) < 4.78 is 4.78. The molecule has 0 bridgehead atoms. The Balaban J connectivity index is 3.30. The summed E-state index contributed by atoms with van der Waals surface area (Å²) in [6.07, 6.45) is 4.65. The zero-order valence-electron chi connectivity index (χ0n) is 9.20. The minimum absolute atomic E-state index is 0.00884. The Hall–Kier alpha value is -1.49. The zero-order valence-corrected chi connectivity index (χ0v) is 10.0. The summed E-state index contributed by atoms with van der Waals surface area (Å²) in [6.45, 7) is 5.49. The first-order valence-electron chi connectivity index (χ1n) is 4.74. The van der Waals surface area contributed by atoms with E-state index < -0.39 is 5.97 Å². The van der Waals surface area contributed by atoms with E-state index in [0.717, 1.165) is 0 Å². The predicted octanol–water partition coefficient (Wildman–Crippen LogP) is 1.92. The fourth-order valence-electron chi connectivity index (χ4n) is 1.24. The average Bonchev–Trinajstić information content (AvgIpc) is 2.28. The van der Waals surface area contributed by atoms with Crippen molar-refractivity contribution >= 4 is 23.8 Å². The maximum Gasteiger partial charge on any atom is 0.343 e. The lowest BCUT2D eigenvalue weighted by Gasteiger charge is -2.05. The van der Waals surface area contributed by atoms with Gasteiger partial charge in [0.25, 0.3) is 0 Å². The van der Waals surface area contributed by atoms with Crippen LogP contribution in [-0.2, 0) is 4.74 Å². The van der Waals surface area contributed by atoms with Crippen molar-refractivity contribution in [1.29, 1.82) is 0 Å². The lowest BCUT2D eigenvalue weighted by Crippen LogP contribution is -2.20. The summed E-state index contributed by atoms with van der Waals surface area (Å²) in [5.41, 5.74) is 0.0594. The molecule has 0 aliphatic rings. The second-order valence-corrected chi connectivity index (χ2v) is 3.72. The summed E-state index contributed by atoms with van der Waals surface area (Å²) in [7, 11) is 0. The molecule has 1 aromatic rings. The van der Waals surface area contributed by atoms with Gasteiger partial charge in [-0.15, -0.1) is 11.8 Å². The van der Waals surface area contributed by atoms with E-state index in [1.165, 1.54) is 24.0 Å². The molecule has 86 valence electrons. The number of carbonyl (C=O) groups is 1. The number of carbonyl (C=O) groups excluding carboxylic acids is 1. The maximum absolute atomic E-state index is 11.9. The summed E-state index contributed by atoms with van der Waals surface area (Å²) in [5.74, 6) is -0.612. The van der Waals surface area contributed by atoms with Crippen molar-refractivity contribution in [3.05, 3.63) is 34.1 Å². The van der Waals surface area contributed by atoms with Gasteiger partial charge in [-0.05, 0) is 13.2 Å². The molecule has 0 aromatic carbocycles. The summed E-state index contributed by atoms with van der Waals surface area (Å²) >= 11 is 1.39. The van der Waals surface area contributed by atoms with Gasteiger partial charge in [0.05, 0.1) is 17.2 Å². The molecule has 1 N–H and O–H groups in total. The van der Waals surface area contributed by atoms with Crippen LogP contribution in [0.3, 0.4) is 0 Å². The van der Waals surface area contributed by atoms with Crippen molar-refractivity contribution in [2.45, 2.75) is 11.9 Å². The molecule has 0 spiro atoms. The van der Waals surface area contributed by atoms with Crippen LogP contribution in [0.2, 0.25) is 0 Å². The molecule has 4 nitrogen and oxygen atoms in total. The number of nitrogens with one attached hydrogen (secondary N) is 1. The fourth-order valence-corrected chi connectivity index (χ4v) is 1.82. The largest absolute Gasteiger partial charge is 0.462 e. The van der Waals surface area contributed by atoms with Gasteiger partial charge >= 0.3 is 5.97 Å². The molecule has 0 radical (unpaired) electrons. The molecule has 0 atom stereocenters. The molecule has 0 aliphatic heterocycles. The van der Waals surface area contributed by atoms with Gasteiger partial charge in [0.2, 0.25) is 5.43 Å². The third-order valence-corrected chi connectivity index (χ3v) is 2.73. The molecule has 1 heterocycles. The minimum atomic E-state index is -0.612. The van der Waals surface area contributed by atoms with E-state index in [0.29, 0.717) is 10.6 Å².